The zero-order valence-electron chi connectivity index (χ0n) is 17.7. The van der Waals surface area contributed by atoms with Gasteiger partial charge in [-0.15, -0.1) is 11.3 Å². The quantitative estimate of drug-likeness (QED) is 0.444. The number of halogens is 2. The van der Waals surface area contributed by atoms with Crippen molar-refractivity contribution in [2.24, 2.45) is 0 Å². The minimum Gasteiger partial charge on any atom is -0.497 e. The largest absolute Gasteiger partial charge is 0.497 e. The van der Waals surface area contributed by atoms with Gasteiger partial charge < -0.3 is 20.1 Å². The number of hydrogen-bond acceptors (Lipinski definition) is 6. The molecule has 0 aliphatic heterocycles. The van der Waals surface area contributed by atoms with Gasteiger partial charge in [0.15, 0.2) is 5.13 Å². The van der Waals surface area contributed by atoms with E-state index in [9.17, 15) is 18.4 Å². The number of aromatic nitrogens is 1. The molecule has 3 rings (SSSR count). The first-order chi connectivity index (χ1) is 15.9. The molecule has 2 amide bonds. The Morgan fingerprint density at radius 1 is 1.12 bits per heavy atom. The minimum atomic E-state index is -2.97. The van der Waals surface area contributed by atoms with E-state index in [1.54, 1.807) is 61.0 Å². The number of methoxy groups -OCH3 is 1. The molecule has 3 aromatic rings. The first kappa shape index (κ1) is 23.9. The highest BCUT2D eigenvalue weighted by atomic mass is 32.1. The number of ether oxygens (including phenoxy) is 2. The van der Waals surface area contributed by atoms with Crippen LogP contribution >= 0.6 is 11.3 Å². The summed E-state index contributed by atoms with van der Waals surface area (Å²) in [6.45, 7) is -1.43. The predicted octanol–water partition coefficient (Wildman–Crippen LogP) is 4.58. The fourth-order valence-corrected chi connectivity index (χ4v) is 3.47. The molecular formula is C23H21F2N3O4S. The number of thiazole rings is 1. The van der Waals surface area contributed by atoms with Gasteiger partial charge in [0.2, 0.25) is 11.8 Å². The van der Waals surface area contributed by atoms with Crippen LogP contribution in [0.5, 0.6) is 11.5 Å². The molecule has 0 spiro atoms. The van der Waals surface area contributed by atoms with Crippen LogP contribution in [0.25, 0.3) is 17.3 Å². The van der Waals surface area contributed by atoms with Gasteiger partial charge in [0.05, 0.1) is 12.8 Å². The van der Waals surface area contributed by atoms with Gasteiger partial charge in [-0.3, -0.25) is 9.59 Å². The van der Waals surface area contributed by atoms with E-state index in [0.29, 0.717) is 17.0 Å². The van der Waals surface area contributed by atoms with Gasteiger partial charge in [0.1, 0.15) is 17.5 Å². The maximum absolute atomic E-state index is 12.6. The highest BCUT2D eigenvalue weighted by Crippen LogP contribution is 2.33. The van der Waals surface area contributed by atoms with Crippen LogP contribution in [0.3, 0.4) is 0 Å². The molecule has 0 radical (unpaired) electrons. The second kappa shape index (κ2) is 11.2. The topological polar surface area (TPSA) is 89.5 Å². The summed E-state index contributed by atoms with van der Waals surface area (Å²) in [5.41, 5.74) is 1.56. The Morgan fingerprint density at radius 3 is 2.55 bits per heavy atom. The monoisotopic (exact) mass is 473 g/mol. The molecule has 0 saturated heterocycles. The van der Waals surface area contributed by atoms with Crippen LogP contribution < -0.4 is 20.1 Å². The van der Waals surface area contributed by atoms with Crippen LogP contribution in [0.15, 0.2) is 60.0 Å². The molecule has 172 valence electrons. The van der Waals surface area contributed by atoms with Crippen molar-refractivity contribution in [1.82, 2.24) is 10.3 Å². The molecule has 1 aromatic heterocycles. The van der Waals surface area contributed by atoms with Crippen LogP contribution in [-0.2, 0) is 9.59 Å². The lowest BCUT2D eigenvalue weighted by Gasteiger charge is -2.11. The number of benzene rings is 2. The van der Waals surface area contributed by atoms with Gasteiger partial charge in [-0.05, 0) is 42.8 Å². The lowest BCUT2D eigenvalue weighted by atomic mass is 10.1. The van der Waals surface area contributed by atoms with Crippen molar-refractivity contribution < 1.29 is 27.8 Å². The third-order valence-corrected chi connectivity index (χ3v) is 5.17. The first-order valence-electron chi connectivity index (χ1n) is 9.79. The third kappa shape index (κ3) is 6.84. The number of hydrogen-bond donors (Lipinski definition) is 2. The Bertz CT molecular complexity index is 1130. The molecule has 1 heterocycles. The fourth-order valence-electron chi connectivity index (χ4n) is 2.76. The molecule has 7 nitrogen and oxygen atoms in total. The SMILES string of the molecule is COc1ccc(/C=C/C(=O)NC(C)C(=O)Nc2nc(-c3ccccc3OC(F)F)cs2)cc1. The first-order valence-corrected chi connectivity index (χ1v) is 10.7. The van der Waals surface area contributed by atoms with Gasteiger partial charge in [-0.2, -0.15) is 8.78 Å². The average Bonchev–Trinajstić information content (AvgIpc) is 3.26. The van der Waals surface area contributed by atoms with E-state index in [1.807, 2.05) is 0 Å². The molecule has 33 heavy (non-hydrogen) atoms. The molecule has 0 bridgehead atoms. The third-order valence-electron chi connectivity index (χ3n) is 4.41. The highest BCUT2D eigenvalue weighted by molar-refractivity contribution is 7.14. The van der Waals surface area contributed by atoms with Gasteiger partial charge >= 0.3 is 6.61 Å². The van der Waals surface area contributed by atoms with E-state index in [1.165, 1.54) is 19.1 Å². The minimum absolute atomic E-state index is 0.0139. The molecule has 0 aliphatic rings. The summed E-state index contributed by atoms with van der Waals surface area (Å²) < 4.78 is 34.9. The Balaban J connectivity index is 1.57. The van der Waals surface area contributed by atoms with E-state index in [0.717, 1.165) is 16.9 Å². The molecule has 0 fully saturated rings. The van der Waals surface area contributed by atoms with E-state index in [2.05, 4.69) is 20.4 Å². The van der Waals surface area contributed by atoms with Crippen LogP contribution in [-0.4, -0.2) is 36.6 Å². The van der Waals surface area contributed by atoms with Crippen molar-refractivity contribution in [2.45, 2.75) is 19.6 Å². The summed E-state index contributed by atoms with van der Waals surface area (Å²) in [5, 5.41) is 7.06. The normalized spacial score (nSPS) is 11.9. The van der Waals surface area contributed by atoms with Crippen LogP contribution in [0, 0.1) is 0 Å². The smallest absolute Gasteiger partial charge is 0.387 e. The Labute approximate surface area is 193 Å². The number of rotatable bonds is 9. The maximum atomic E-state index is 12.6. The lowest BCUT2D eigenvalue weighted by Crippen LogP contribution is -2.40. The van der Waals surface area contributed by atoms with Crippen molar-refractivity contribution in [1.29, 1.82) is 0 Å². The van der Waals surface area contributed by atoms with E-state index in [4.69, 9.17) is 4.74 Å². The molecular weight excluding hydrogens is 452 g/mol. The second-order valence-corrected chi connectivity index (χ2v) is 7.60. The van der Waals surface area contributed by atoms with E-state index >= 15 is 0 Å². The van der Waals surface area contributed by atoms with Gasteiger partial charge in [0.25, 0.3) is 0 Å². The Kier molecular flexibility index (Phi) is 8.09. The fraction of sp³-hybridized carbons (Fsp3) is 0.174. The highest BCUT2D eigenvalue weighted by Gasteiger charge is 2.18. The van der Waals surface area contributed by atoms with Crippen molar-refractivity contribution in [3.05, 3.63) is 65.6 Å². The number of amides is 2. The summed E-state index contributed by atoms with van der Waals surface area (Å²) in [5.74, 6) is -0.220. The molecule has 1 unspecified atom stereocenters. The number of carbonyl (C=O) groups excluding carboxylic acids is 2. The Hall–Kier alpha value is -3.79. The number of anilines is 1. The summed E-state index contributed by atoms with van der Waals surface area (Å²) in [7, 11) is 1.57. The molecule has 0 aliphatic carbocycles. The predicted molar refractivity (Wildman–Crippen MR) is 122 cm³/mol. The number of alkyl halides is 2. The van der Waals surface area contributed by atoms with Gasteiger partial charge in [-0.1, -0.05) is 24.3 Å². The van der Waals surface area contributed by atoms with Crippen molar-refractivity contribution >= 4 is 34.4 Å². The average molecular weight is 474 g/mol. The zero-order chi connectivity index (χ0) is 23.8. The second-order valence-electron chi connectivity index (χ2n) is 6.74. The molecule has 10 heteroatoms. The summed E-state index contributed by atoms with van der Waals surface area (Å²) in [4.78, 5) is 28.8. The maximum Gasteiger partial charge on any atom is 0.387 e. The number of nitrogens with zero attached hydrogens (tertiary/aromatic N) is 1. The Morgan fingerprint density at radius 2 is 1.85 bits per heavy atom. The summed E-state index contributed by atoms with van der Waals surface area (Å²) >= 11 is 1.12. The summed E-state index contributed by atoms with van der Waals surface area (Å²) in [6, 6.07) is 12.5. The standard InChI is InChI=1S/C23H21F2N3O4S/c1-14(26-20(29)12-9-15-7-10-16(31-2)11-8-15)21(30)28-23-27-18(13-33-23)17-5-3-4-6-19(17)32-22(24)25/h3-14,22H,1-2H3,(H,26,29)(H,27,28,30)/b12-9+. The van der Waals surface area contributed by atoms with E-state index < -0.39 is 24.5 Å². The zero-order valence-corrected chi connectivity index (χ0v) is 18.6. The van der Waals surface area contributed by atoms with Gasteiger partial charge in [0, 0.05) is 17.0 Å². The van der Waals surface area contributed by atoms with Crippen molar-refractivity contribution in [2.75, 3.05) is 12.4 Å². The van der Waals surface area contributed by atoms with Crippen molar-refractivity contribution in [3.8, 4) is 22.8 Å². The number of nitrogens with one attached hydrogen (secondary N) is 2. The van der Waals surface area contributed by atoms with Crippen molar-refractivity contribution in [3.63, 3.8) is 0 Å². The van der Waals surface area contributed by atoms with Crippen LogP contribution in [0.1, 0.15) is 12.5 Å². The molecule has 2 N–H and O–H groups in total. The van der Waals surface area contributed by atoms with E-state index in [-0.39, 0.29) is 10.9 Å². The molecule has 1 atom stereocenters. The van der Waals surface area contributed by atoms with Gasteiger partial charge in [-0.25, -0.2) is 4.98 Å². The molecule has 2 aromatic carbocycles. The summed E-state index contributed by atoms with van der Waals surface area (Å²) in [6.07, 6.45) is 2.94. The lowest BCUT2D eigenvalue weighted by molar-refractivity contribution is -0.123. The van der Waals surface area contributed by atoms with Crippen LogP contribution in [0.4, 0.5) is 13.9 Å². The van der Waals surface area contributed by atoms with Crippen LogP contribution in [0.2, 0.25) is 0 Å². The number of para-hydroxylation sites is 1. The molecule has 0 saturated carbocycles. The number of carbonyl (C=O) groups is 2.